The van der Waals surface area contributed by atoms with Gasteiger partial charge in [-0.2, -0.15) is 0 Å². The second kappa shape index (κ2) is 4.99. The van der Waals surface area contributed by atoms with Crippen molar-refractivity contribution in [2.24, 2.45) is 4.99 Å². The molecule has 0 fully saturated rings. The number of carbonyl (C=O) groups excluding carboxylic acids is 1. The van der Waals surface area contributed by atoms with E-state index in [9.17, 15) is 4.79 Å². The predicted octanol–water partition coefficient (Wildman–Crippen LogP) is 1.73. The van der Waals surface area contributed by atoms with Crippen molar-refractivity contribution in [1.29, 1.82) is 0 Å². The van der Waals surface area contributed by atoms with Crippen LogP contribution in [0.3, 0.4) is 0 Å². The molecule has 0 unspecified atom stereocenters. The normalized spacial score (nSPS) is 15.1. The van der Waals surface area contributed by atoms with E-state index in [1.807, 2.05) is 30.3 Å². The number of anilines is 1. The van der Waals surface area contributed by atoms with E-state index < -0.39 is 0 Å². The Morgan fingerprint density at radius 2 is 1.88 bits per heavy atom. The largest absolute Gasteiger partial charge is 0.343 e. The SMILES string of the molecule is CCN(CC)C1=NCC(=O)N1c1ccccc1. The first-order chi connectivity index (χ1) is 8.27. The second-order valence-corrected chi connectivity index (χ2v) is 3.85. The molecule has 1 aliphatic heterocycles. The molecule has 1 amide bonds. The molecule has 4 nitrogen and oxygen atoms in total. The zero-order chi connectivity index (χ0) is 12.3. The molecule has 0 atom stereocenters. The van der Waals surface area contributed by atoms with Crippen LogP contribution in [0, 0.1) is 0 Å². The first-order valence-corrected chi connectivity index (χ1v) is 5.95. The van der Waals surface area contributed by atoms with Crippen LogP contribution in [0.2, 0.25) is 0 Å². The number of nitrogens with zero attached hydrogens (tertiary/aromatic N) is 3. The van der Waals surface area contributed by atoms with E-state index >= 15 is 0 Å². The Hall–Kier alpha value is -1.84. The number of hydrogen-bond acceptors (Lipinski definition) is 3. The number of guanidine groups is 1. The highest BCUT2D eigenvalue weighted by Crippen LogP contribution is 2.19. The third-order valence-corrected chi connectivity index (χ3v) is 2.87. The van der Waals surface area contributed by atoms with Gasteiger partial charge in [-0.1, -0.05) is 18.2 Å². The monoisotopic (exact) mass is 231 g/mol. The van der Waals surface area contributed by atoms with E-state index in [1.54, 1.807) is 4.90 Å². The molecule has 0 radical (unpaired) electrons. The van der Waals surface area contributed by atoms with E-state index in [2.05, 4.69) is 23.7 Å². The number of benzene rings is 1. The fraction of sp³-hybridized carbons (Fsp3) is 0.385. The van der Waals surface area contributed by atoms with Crippen molar-refractivity contribution in [3.05, 3.63) is 30.3 Å². The van der Waals surface area contributed by atoms with Gasteiger partial charge in [-0.3, -0.25) is 4.79 Å². The first-order valence-electron chi connectivity index (χ1n) is 5.95. The van der Waals surface area contributed by atoms with Crippen LogP contribution in [-0.4, -0.2) is 36.4 Å². The van der Waals surface area contributed by atoms with Crippen molar-refractivity contribution in [2.75, 3.05) is 24.5 Å². The van der Waals surface area contributed by atoms with Gasteiger partial charge in [0.2, 0.25) is 5.96 Å². The molecule has 0 aliphatic carbocycles. The fourth-order valence-electron chi connectivity index (χ4n) is 1.98. The highest BCUT2D eigenvalue weighted by atomic mass is 16.2. The number of carbonyl (C=O) groups is 1. The average molecular weight is 231 g/mol. The molecule has 0 N–H and O–H groups in total. The van der Waals surface area contributed by atoms with Crippen LogP contribution < -0.4 is 4.90 Å². The topological polar surface area (TPSA) is 35.9 Å². The average Bonchev–Trinajstić information content (AvgIpc) is 2.74. The van der Waals surface area contributed by atoms with Gasteiger partial charge in [0.15, 0.2) is 0 Å². The van der Waals surface area contributed by atoms with Gasteiger partial charge in [0.05, 0.1) is 5.69 Å². The van der Waals surface area contributed by atoms with Crippen molar-refractivity contribution in [3.63, 3.8) is 0 Å². The van der Waals surface area contributed by atoms with Crippen LogP contribution in [0.4, 0.5) is 5.69 Å². The standard InChI is InChI=1S/C13H17N3O/c1-3-15(4-2)13-14-10-12(17)16(13)11-8-6-5-7-9-11/h5-9H,3-4,10H2,1-2H3. The van der Waals surface area contributed by atoms with Gasteiger partial charge in [0.25, 0.3) is 5.91 Å². The van der Waals surface area contributed by atoms with Crippen molar-refractivity contribution in [3.8, 4) is 0 Å². The van der Waals surface area contributed by atoms with Crippen molar-refractivity contribution in [2.45, 2.75) is 13.8 Å². The number of amides is 1. The fourth-order valence-corrected chi connectivity index (χ4v) is 1.98. The van der Waals surface area contributed by atoms with Crippen LogP contribution in [0.15, 0.2) is 35.3 Å². The maximum atomic E-state index is 11.9. The smallest absolute Gasteiger partial charge is 0.255 e. The Kier molecular flexibility index (Phi) is 3.42. The van der Waals surface area contributed by atoms with Crippen LogP contribution in [-0.2, 0) is 4.79 Å². The molecule has 1 aliphatic rings. The molecule has 17 heavy (non-hydrogen) atoms. The summed E-state index contributed by atoms with van der Waals surface area (Å²) in [4.78, 5) is 20.0. The Labute approximate surface area is 102 Å². The summed E-state index contributed by atoms with van der Waals surface area (Å²) in [5.74, 6) is 0.810. The van der Waals surface area contributed by atoms with E-state index in [0.717, 1.165) is 24.7 Å². The molecule has 1 heterocycles. The third kappa shape index (κ3) is 2.16. The van der Waals surface area contributed by atoms with E-state index in [0.29, 0.717) is 0 Å². The summed E-state index contributed by atoms with van der Waals surface area (Å²) in [6.07, 6.45) is 0. The summed E-state index contributed by atoms with van der Waals surface area (Å²) in [6.45, 7) is 6.09. The summed E-state index contributed by atoms with van der Waals surface area (Å²) >= 11 is 0. The summed E-state index contributed by atoms with van der Waals surface area (Å²) in [5, 5.41) is 0. The molecule has 0 saturated carbocycles. The lowest BCUT2D eigenvalue weighted by Crippen LogP contribution is -2.44. The molecule has 1 aromatic carbocycles. The minimum Gasteiger partial charge on any atom is -0.343 e. The zero-order valence-corrected chi connectivity index (χ0v) is 10.3. The van der Waals surface area contributed by atoms with Crippen LogP contribution >= 0.6 is 0 Å². The minimum atomic E-state index is 0.0399. The minimum absolute atomic E-state index is 0.0399. The maximum Gasteiger partial charge on any atom is 0.255 e. The molecule has 0 saturated heterocycles. The van der Waals surface area contributed by atoms with Crippen molar-refractivity contribution < 1.29 is 4.79 Å². The van der Waals surface area contributed by atoms with Gasteiger partial charge in [-0.05, 0) is 26.0 Å². The highest BCUT2D eigenvalue weighted by Gasteiger charge is 2.29. The Balaban J connectivity index is 2.31. The lowest BCUT2D eigenvalue weighted by Gasteiger charge is -2.27. The van der Waals surface area contributed by atoms with E-state index in [-0.39, 0.29) is 12.5 Å². The number of para-hydroxylation sites is 1. The number of aliphatic imine (C=N–C) groups is 1. The van der Waals surface area contributed by atoms with Crippen molar-refractivity contribution >= 4 is 17.6 Å². The zero-order valence-electron chi connectivity index (χ0n) is 10.3. The van der Waals surface area contributed by atoms with Gasteiger partial charge in [-0.15, -0.1) is 0 Å². The first kappa shape index (κ1) is 11.6. The Bertz CT molecular complexity index is 424. The van der Waals surface area contributed by atoms with Gasteiger partial charge >= 0.3 is 0 Å². The molecule has 0 spiro atoms. The molecule has 0 aromatic heterocycles. The summed E-state index contributed by atoms with van der Waals surface area (Å²) in [7, 11) is 0. The maximum absolute atomic E-state index is 11.9. The lowest BCUT2D eigenvalue weighted by atomic mass is 10.3. The van der Waals surface area contributed by atoms with Crippen LogP contribution in [0.25, 0.3) is 0 Å². The highest BCUT2D eigenvalue weighted by molar-refractivity contribution is 6.20. The third-order valence-electron chi connectivity index (χ3n) is 2.87. The summed E-state index contributed by atoms with van der Waals surface area (Å²) in [5.41, 5.74) is 0.889. The second-order valence-electron chi connectivity index (χ2n) is 3.85. The molecule has 4 heteroatoms. The number of rotatable bonds is 3. The Morgan fingerprint density at radius 3 is 2.47 bits per heavy atom. The quantitative estimate of drug-likeness (QED) is 0.794. The van der Waals surface area contributed by atoms with Gasteiger partial charge in [0, 0.05) is 13.1 Å². The predicted molar refractivity (Wildman–Crippen MR) is 69.2 cm³/mol. The van der Waals surface area contributed by atoms with Gasteiger partial charge in [-0.25, -0.2) is 9.89 Å². The van der Waals surface area contributed by atoms with Crippen molar-refractivity contribution in [1.82, 2.24) is 4.90 Å². The van der Waals surface area contributed by atoms with Crippen LogP contribution in [0.1, 0.15) is 13.8 Å². The summed E-state index contributed by atoms with van der Waals surface area (Å²) < 4.78 is 0. The van der Waals surface area contributed by atoms with E-state index in [4.69, 9.17) is 0 Å². The molecular formula is C13H17N3O. The summed E-state index contributed by atoms with van der Waals surface area (Å²) in [6, 6.07) is 9.67. The molecule has 1 aromatic rings. The van der Waals surface area contributed by atoms with Gasteiger partial charge < -0.3 is 4.90 Å². The van der Waals surface area contributed by atoms with Gasteiger partial charge in [0.1, 0.15) is 6.54 Å². The van der Waals surface area contributed by atoms with E-state index in [1.165, 1.54) is 0 Å². The van der Waals surface area contributed by atoms with Crippen LogP contribution in [0.5, 0.6) is 0 Å². The molecule has 0 bridgehead atoms. The Morgan fingerprint density at radius 1 is 1.24 bits per heavy atom. The molecular weight excluding hydrogens is 214 g/mol. The molecule has 90 valence electrons. The molecule has 2 rings (SSSR count). The lowest BCUT2D eigenvalue weighted by molar-refractivity contribution is -0.115. The number of hydrogen-bond donors (Lipinski definition) is 0.